The van der Waals surface area contributed by atoms with Crippen molar-refractivity contribution in [2.75, 3.05) is 14.2 Å². The molecule has 0 fully saturated rings. The van der Waals surface area contributed by atoms with E-state index in [9.17, 15) is 14.4 Å². The maximum atomic E-state index is 12.4. The normalized spacial score (nSPS) is 12.9. The molecule has 0 atom stereocenters. The first-order chi connectivity index (χ1) is 28.2. The predicted molar refractivity (Wildman–Crippen MR) is 255 cm³/mol. The lowest BCUT2D eigenvalue weighted by atomic mass is 9.78. The number of ether oxygens (including phenoxy) is 2. The molecular formula is C53H79O8P. The first-order valence-electron chi connectivity index (χ1n) is 22.2. The Balaban J connectivity index is 2.56. The highest BCUT2D eigenvalue weighted by atomic mass is 31.2. The number of carbonyl (C=O) groups is 3. The topological polar surface area (TPSA) is 97.4 Å². The second-order valence-electron chi connectivity index (χ2n) is 22.9. The van der Waals surface area contributed by atoms with Crippen molar-refractivity contribution in [1.82, 2.24) is 0 Å². The molecule has 0 bridgehead atoms. The van der Waals surface area contributed by atoms with Gasteiger partial charge in [-0.05, 0) is 68.4 Å². The van der Waals surface area contributed by atoms with Crippen LogP contribution in [-0.2, 0) is 75.6 Å². The van der Waals surface area contributed by atoms with E-state index < -0.39 is 8.60 Å². The summed E-state index contributed by atoms with van der Waals surface area (Å²) < 4.78 is 32.4. The number of hydrogen-bond donors (Lipinski definition) is 0. The van der Waals surface area contributed by atoms with Gasteiger partial charge in [0, 0.05) is 52.6 Å². The van der Waals surface area contributed by atoms with E-state index in [0.29, 0.717) is 42.9 Å². The van der Waals surface area contributed by atoms with E-state index >= 15 is 0 Å². The Kier molecular flexibility index (Phi) is 16.8. The van der Waals surface area contributed by atoms with E-state index in [1.165, 1.54) is 14.2 Å². The second-order valence-corrected chi connectivity index (χ2v) is 23.9. The molecule has 0 aromatic heterocycles. The van der Waals surface area contributed by atoms with Crippen LogP contribution < -0.4 is 13.6 Å². The Labute approximate surface area is 376 Å². The third-order valence-corrected chi connectivity index (χ3v) is 12.0. The largest absolute Gasteiger partial charge is 0.530 e. The molecule has 0 saturated carbocycles. The molecule has 0 amide bonds. The Hall–Kier alpha value is -3.90. The minimum atomic E-state index is -2.26. The molecule has 3 aromatic rings. The van der Waals surface area contributed by atoms with E-state index in [1.807, 2.05) is 0 Å². The summed E-state index contributed by atoms with van der Waals surface area (Å²) in [6.07, 6.45) is 3.58. The molecule has 0 N–H and O–H groups in total. The van der Waals surface area contributed by atoms with Gasteiger partial charge in [-0.3, -0.25) is 9.59 Å². The van der Waals surface area contributed by atoms with E-state index in [4.69, 9.17) is 23.0 Å². The van der Waals surface area contributed by atoms with E-state index in [0.717, 1.165) is 56.4 Å². The van der Waals surface area contributed by atoms with Gasteiger partial charge < -0.3 is 27.8 Å². The molecule has 0 aliphatic rings. The highest BCUT2D eigenvalue weighted by Gasteiger charge is 2.38. The molecule has 0 unspecified atom stereocenters. The minimum Gasteiger partial charge on any atom is -0.469 e. The lowest BCUT2D eigenvalue weighted by Gasteiger charge is -2.35. The van der Waals surface area contributed by atoms with Gasteiger partial charge in [-0.1, -0.05) is 161 Å². The molecule has 3 rings (SSSR count). The fraction of sp³-hybridized carbons (Fsp3) is 0.604. The zero-order chi connectivity index (χ0) is 47.4. The zero-order valence-corrected chi connectivity index (χ0v) is 42.9. The van der Waals surface area contributed by atoms with Gasteiger partial charge in [-0.2, -0.15) is 0 Å². The van der Waals surface area contributed by atoms with Crippen LogP contribution in [-0.4, -0.2) is 32.4 Å². The molecular weight excluding hydrogens is 796 g/mol. The highest BCUT2D eigenvalue weighted by Crippen LogP contribution is 2.55. The zero-order valence-electron chi connectivity index (χ0n) is 42.0. The standard InChI is InChI=1S/C53H79O8P/c1-48(2,3)37-28-34(22-21-27-54)29-38(49(4,5)6)45(37)59-62(60-46-39(50(7,8)9)30-35(23-25-43(55)57-19)31-40(46)51(10,11)12)61-47-41(52(13,14)15)32-36(24-26-44(56)58-20)33-42(47)53(16,17)18/h27-33H,21-26H2,1-20H3. The molecule has 0 spiro atoms. The van der Waals surface area contributed by atoms with Gasteiger partial charge >= 0.3 is 20.5 Å². The first kappa shape index (κ1) is 52.4. The monoisotopic (exact) mass is 875 g/mol. The number of carbonyl (C=O) groups excluding carboxylic acids is 3. The number of esters is 2. The van der Waals surface area contributed by atoms with Gasteiger partial charge in [-0.15, -0.1) is 0 Å². The molecule has 0 aliphatic carbocycles. The highest BCUT2D eigenvalue weighted by molar-refractivity contribution is 7.43. The van der Waals surface area contributed by atoms with Crippen LogP contribution in [0.15, 0.2) is 36.4 Å². The lowest BCUT2D eigenvalue weighted by molar-refractivity contribution is -0.141. The van der Waals surface area contributed by atoms with Crippen molar-refractivity contribution in [3.8, 4) is 17.2 Å². The van der Waals surface area contributed by atoms with Gasteiger partial charge in [0.2, 0.25) is 0 Å². The lowest BCUT2D eigenvalue weighted by Crippen LogP contribution is -2.24. The Morgan fingerprint density at radius 1 is 0.435 bits per heavy atom. The summed E-state index contributed by atoms with van der Waals surface area (Å²) in [5.74, 6) is 1.58. The van der Waals surface area contributed by atoms with Gasteiger partial charge in [-0.25, -0.2) is 0 Å². The predicted octanol–water partition coefficient (Wildman–Crippen LogP) is 13.6. The second kappa shape index (κ2) is 19.9. The van der Waals surface area contributed by atoms with Crippen molar-refractivity contribution >= 4 is 26.8 Å². The molecule has 0 radical (unpaired) electrons. The van der Waals surface area contributed by atoms with Gasteiger partial charge in [0.25, 0.3) is 0 Å². The van der Waals surface area contributed by atoms with Crippen LogP contribution in [0.5, 0.6) is 17.2 Å². The van der Waals surface area contributed by atoms with Crippen molar-refractivity contribution < 1.29 is 37.4 Å². The number of aldehydes is 1. The average Bonchev–Trinajstić information content (AvgIpc) is 3.13. The Bertz CT molecular complexity index is 1850. The van der Waals surface area contributed by atoms with Crippen molar-refractivity contribution in [2.24, 2.45) is 0 Å². The van der Waals surface area contributed by atoms with Gasteiger partial charge in [0.15, 0.2) is 0 Å². The fourth-order valence-corrected chi connectivity index (χ4v) is 8.49. The molecule has 0 saturated heterocycles. The molecule has 0 aliphatic heterocycles. The van der Waals surface area contributed by atoms with Crippen molar-refractivity contribution in [2.45, 2.75) is 196 Å². The number of aryl methyl sites for hydroxylation is 3. The van der Waals surface area contributed by atoms with Crippen LogP contribution in [0.4, 0.5) is 0 Å². The summed E-state index contributed by atoms with van der Waals surface area (Å²) in [5, 5.41) is 0. The third-order valence-electron chi connectivity index (χ3n) is 11.0. The summed E-state index contributed by atoms with van der Waals surface area (Å²) in [6, 6.07) is 13.0. The van der Waals surface area contributed by atoms with Gasteiger partial charge in [0.05, 0.1) is 14.2 Å². The Morgan fingerprint density at radius 3 is 0.855 bits per heavy atom. The number of rotatable bonds is 15. The Morgan fingerprint density at radius 2 is 0.661 bits per heavy atom. The maximum absolute atomic E-state index is 12.4. The van der Waals surface area contributed by atoms with Crippen LogP contribution in [0.1, 0.15) is 194 Å². The summed E-state index contributed by atoms with van der Waals surface area (Å²) >= 11 is 0. The number of hydrogen-bond acceptors (Lipinski definition) is 8. The number of benzene rings is 3. The quantitative estimate of drug-likeness (QED) is 0.0846. The van der Waals surface area contributed by atoms with E-state index in [-0.39, 0.29) is 57.3 Å². The van der Waals surface area contributed by atoms with Crippen molar-refractivity contribution in [3.05, 3.63) is 86.5 Å². The summed E-state index contributed by atoms with van der Waals surface area (Å²) in [7, 11) is 0.585. The van der Waals surface area contributed by atoms with Crippen molar-refractivity contribution in [3.63, 3.8) is 0 Å². The minimum absolute atomic E-state index is 0.257. The molecule has 0 heterocycles. The van der Waals surface area contributed by atoms with E-state index in [1.54, 1.807) is 0 Å². The summed E-state index contributed by atoms with van der Waals surface area (Å²) in [4.78, 5) is 36.3. The summed E-state index contributed by atoms with van der Waals surface area (Å²) in [6.45, 7) is 39.2. The van der Waals surface area contributed by atoms with Crippen molar-refractivity contribution in [1.29, 1.82) is 0 Å². The van der Waals surface area contributed by atoms with Crippen LogP contribution in [0.25, 0.3) is 0 Å². The maximum Gasteiger partial charge on any atom is 0.530 e. The molecule has 3 aromatic carbocycles. The molecule has 9 heteroatoms. The summed E-state index contributed by atoms with van der Waals surface area (Å²) in [5.41, 5.74) is 6.83. The fourth-order valence-electron chi connectivity index (χ4n) is 7.34. The van der Waals surface area contributed by atoms with Crippen LogP contribution >= 0.6 is 8.60 Å². The molecule has 8 nitrogen and oxygen atoms in total. The SMILES string of the molecule is COC(=O)CCc1cc(C(C)(C)C)c(OP(Oc2c(C(C)(C)C)cc(CCC=O)cc2C(C)(C)C)Oc2c(C(C)(C)C)cc(CCC(=O)OC)cc2C(C)(C)C)c(C(C)(C)C)c1. The van der Waals surface area contributed by atoms with E-state index in [2.05, 4.69) is 161 Å². The van der Waals surface area contributed by atoms with Crippen LogP contribution in [0, 0.1) is 0 Å². The van der Waals surface area contributed by atoms with Crippen LogP contribution in [0.2, 0.25) is 0 Å². The van der Waals surface area contributed by atoms with Crippen LogP contribution in [0.3, 0.4) is 0 Å². The average molecular weight is 875 g/mol. The first-order valence-corrected chi connectivity index (χ1v) is 23.3. The number of methoxy groups -OCH3 is 2. The molecule has 344 valence electrons. The smallest absolute Gasteiger partial charge is 0.469 e. The van der Waals surface area contributed by atoms with Gasteiger partial charge in [0.1, 0.15) is 23.5 Å². The molecule has 62 heavy (non-hydrogen) atoms. The third kappa shape index (κ3) is 14.1.